The van der Waals surface area contributed by atoms with Crippen molar-refractivity contribution in [2.45, 2.75) is 51.0 Å². The summed E-state index contributed by atoms with van der Waals surface area (Å²) in [6, 6.07) is 21.4. The fourth-order valence-electron chi connectivity index (χ4n) is 4.04. The zero-order valence-electron chi connectivity index (χ0n) is 17.1. The van der Waals surface area contributed by atoms with Crippen molar-refractivity contribution in [3.63, 3.8) is 0 Å². The van der Waals surface area contributed by atoms with Crippen LogP contribution in [0.4, 0.5) is 0 Å². The number of rotatable bonds is 7. The van der Waals surface area contributed by atoms with E-state index in [0.29, 0.717) is 6.61 Å². The molecule has 148 valence electrons. The predicted octanol–water partition coefficient (Wildman–Crippen LogP) is 3.72. The first kappa shape index (κ1) is 20.8. The van der Waals surface area contributed by atoms with Gasteiger partial charge in [0.05, 0.1) is 12.7 Å². The zero-order chi connectivity index (χ0) is 20.0. The maximum atomic E-state index is 6.92. The minimum atomic E-state index is -2.52. The average molecular weight is 395 g/mol. The van der Waals surface area contributed by atoms with Gasteiger partial charge in [-0.2, -0.15) is 0 Å². The molecule has 2 aromatic rings. The van der Waals surface area contributed by atoms with Gasteiger partial charge in [0.1, 0.15) is 6.61 Å². The van der Waals surface area contributed by atoms with Crippen LogP contribution in [0.2, 0.25) is 5.04 Å². The summed E-state index contributed by atoms with van der Waals surface area (Å²) in [7, 11) is -2.52. The van der Waals surface area contributed by atoms with E-state index in [1.165, 1.54) is 10.4 Å². The topological polar surface area (TPSA) is 27.7 Å². The normalized spacial score (nSPS) is 20.1. The van der Waals surface area contributed by atoms with Crippen molar-refractivity contribution in [1.29, 1.82) is 0 Å². The van der Waals surface area contributed by atoms with Gasteiger partial charge in [-0.05, 0) is 21.8 Å². The van der Waals surface area contributed by atoms with Gasteiger partial charge >= 0.3 is 0 Å². The third-order valence-corrected chi connectivity index (χ3v) is 10.3. The second-order valence-corrected chi connectivity index (χ2v) is 12.6. The molecular weight excluding hydrogens is 364 g/mol. The van der Waals surface area contributed by atoms with Crippen molar-refractivity contribution in [2.75, 3.05) is 13.2 Å². The number of benzene rings is 2. The summed E-state index contributed by atoms with van der Waals surface area (Å²) >= 11 is 0. The monoisotopic (exact) mass is 394 g/mol. The molecule has 0 aliphatic carbocycles. The van der Waals surface area contributed by atoms with E-state index in [4.69, 9.17) is 20.3 Å². The standard InChI is InChI=1S/C24H30O3Si/c1-5-18-25-23-17-16-20(27-23)19-26-28(24(2,3)4,21-12-8-6-9-13-21)22-14-10-7-11-15-22/h1,6-15,20,23H,16-19H2,2-4H3/t20-,23?/m0/s1. The Labute approximate surface area is 170 Å². The van der Waals surface area contributed by atoms with Gasteiger partial charge in [0.15, 0.2) is 6.29 Å². The molecule has 1 heterocycles. The Balaban J connectivity index is 1.88. The van der Waals surface area contributed by atoms with E-state index in [-0.39, 0.29) is 24.0 Å². The Kier molecular flexibility index (Phi) is 6.74. The first-order chi connectivity index (χ1) is 13.5. The summed E-state index contributed by atoms with van der Waals surface area (Å²) < 4.78 is 18.5. The van der Waals surface area contributed by atoms with Crippen LogP contribution in [0.25, 0.3) is 0 Å². The van der Waals surface area contributed by atoms with Crippen LogP contribution in [0.5, 0.6) is 0 Å². The van der Waals surface area contributed by atoms with Crippen molar-refractivity contribution in [3.05, 3.63) is 60.7 Å². The van der Waals surface area contributed by atoms with E-state index in [2.05, 4.69) is 87.4 Å². The van der Waals surface area contributed by atoms with Crippen LogP contribution in [-0.4, -0.2) is 33.9 Å². The van der Waals surface area contributed by atoms with Gasteiger partial charge in [-0.25, -0.2) is 0 Å². The molecule has 28 heavy (non-hydrogen) atoms. The van der Waals surface area contributed by atoms with Gasteiger partial charge in [0.25, 0.3) is 8.32 Å². The van der Waals surface area contributed by atoms with Gasteiger partial charge in [-0.15, -0.1) is 6.42 Å². The molecule has 3 nitrogen and oxygen atoms in total. The lowest BCUT2D eigenvalue weighted by molar-refractivity contribution is -0.130. The number of ether oxygens (including phenoxy) is 2. The first-order valence-electron chi connectivity index (χ1n) is 9.93. The second-order valence-electron chi connectivity index (χ2n) is 8.25. The van der Waals surface area contributed by atoms with Gasteiger partial charge in [0.2, 0.25) is 0 Å². The van der Waals surface area contributed by atoms with Gasteiger partial charge < -0.3 is 13.9 Å². The third-order valence-electron chi connectivity index (χ3n) is 5.32. The Bertz CT molecular complexity index is 737. The molecule has 0 amide bonds. The predicted molar refractivity (Wildman–Crippen MR) is 116 cm³/mol. The minimum absolute atomic E-state index is 0.0319. The van der Waals surface area contributed by atoms with Crippen molar-refractivity contribution < 1.29 is 13.9 Å². The van der Waals surface area contributed by atoms with Crippen LogP contribution < -0.4 is 10.4 Å². The summed E-state index contributed by atoms with van der Waals surface area (Å²) in [5.74, 6) is 2.50. The van der Waals surface area contributed by atoms with E-state index in [9.17, 15) is 0 Å². The quantitative estimate of drug-likeness (QED) is 0.529. The number of terminal acetylenes is 1. The summed E-state index contributed by atoms with van der Waals surface area (Å²) in [6.45, 7) is 7.70. The van der Waals surface area contributed by atoms with Crippen LogP contribution in [0, 0.1) is 12.3 Å². The molecule has 0 aromatic heterocycles. The lowest BCUT2D eigenvalue weighted by atomic mass is 10.2. The van der Waals surface area contributed by atoms with Crippen LogP contribution >= 0.6 is 0 Å². The highest BCUT2D eigenvalue weighted by molar-refractivity contribution is 6.99. The van der Waals surface area contributed by atoms with Crippen molar-refractivity contribution in [1.82, 2.24) is 0 Å². The molecule has 2 aromatic carbocycles. The van der Waals surface area contributed by atoms with E-state index in [1.54, 1.807) is 0 Å². The summed E-state index contributed by atoms with van der Waals surface area (Å²) in [5, 5.41) is 2.53. The molecule has 3 rings (SSSR count). The maximum absolute atomic E-state index is 6.92. The Morgan fingerprint density at radius 2 is 1.57 bits per heavy atom. The summed E-state index contributed by atoms with van der Waals surface area (Å²) in [5.41, 5.74) is 0. The Morgan fingerprint density at radius 3 is 2.07 bits per heavy atom. The lowest BCUT2D eigenvalue weighted by Gasteiger charge is -2.43. The second kappa shape index (κ2) is 9.06. The maximum Gasteiger partial charge on any atom is 0.261 e. The molecule has 4 heteroatoms. The first-order valence-corrected chi connectivity index (χ1v) is 11.8. The molecule has 0 N–H and O–H groups in total. The molecule has 1 saturated heterocycles. The molecule has 1 fully saturated rings. The SMILES string of the molecule is C#CCOC1CC[C@@H](CO[Si](c2ccccc2)(c2ccccc2)C(C)(C)C)O1. The van der Waals surface area contributed by atoms with Gasteiger partial charge in [-0.1, -0.05) is 87.4 Å². The zero-order valence-corrected chi connectivity index (χ0v) is 18.1. The largest absolute Gasteiger partial charge is 0.405 e. The highest BCUT2D eigenvalue weighted by atomic mass is 28.4. The number of hydrogen-bond donors (Lipinski definition) is 0. The summed E-state index contributed by atoms with van der Waals surface area (Å²) in [4.78, 5) is 0. The van der Waals surface area contributed by atoms with Crippen molar-refractivity contribution in [2.24, 2.45) is 0 Å². The van der Waals surface area contributed by atoms with Crippen molar-refractivity contribution in [3.8, 4) is 12.3 Å². The molecular formula is C24H30O3Si. The van der Waals surface area contributed by atoms with Crippen LogP contribution in [0.15, 0.2) is 60.7 Å². The van der Waals surface area contributed by atoms with E-state index >= 15 is 0 Å². The molecule has 0 bridgehead atoms. The molecule has 0 saturated carbocycles. The Morgan fingerprint density at radius 1 is 1.00 bits per heavy atom. The molecule has 0 radical (unpaired) electrons. The number of hydrogen-bond acceptors (Lipinski definition) is 3. The molecule has 1 aliphatic heterocycles. The molecule has 0 spiro atoms. The highest BCUT2D eigenvalue weighted by Crippen LogP contribution is 2.37. The molecule has 2 atom stereocenters. The smallest absolute Gasteiger partial charge is 0.261 e. The Hall–Kier alpha value is -1.90. The fourth-order valence-corrected chi connectivity index (χ4v) is 8.63. The van der Waals surface area contributed by atoms with E-state index in [1.807, 2.05) is 0 Å². The molecule has 1 aliphatic rings. The van der Waals surface area contributed by atoms with Crippen molar-refractivity contribution >= 4 is 18.7 Å². The van der Waals surface area contributed by atoms with Gasteiger partial charge in [0, 0.05) is 6.42 Å². The van der Waals surface area contributed by atoms with Gasteiger partial charge in [-0.3, -0.25) is 0 Å². The van der Waals surface area contributed by atoms with Crippen LogP contribution in [-0.2, 0) is 13.9 Å². The minimum Gasteiger partial charge on any atom is -0.405 e. The fraction of sp³-hybridized carbons (Fsp3) is 0.417. The average Bonchev–Trinajstić information content (AvgIpc) is 3.15. The lowest BCUT2D eigenvalue weighted by Crippen LogP contribution is -2.67. The van der Waals surface area contributed by atoms with E-state index < -0.39 is 8.32 Å². The summed E-state index contributed by atoms with van der Waals surface area (Å²) in [6.07, 6.45) is 6.88. The van der Waals surface area contributed by atoms with Crippen LogP contribution in [0.1, 0.15) is 33.6 Å². The van der Waals surface area contributed by atoms with E-state index in [0.717, 1.165) is 12.8 Å². The van der Waals surface area contributed by atoms with Crippen LogP contribution in [0.3, 0.4) is 0 Å². The third kappa shape index (κ3) is 4.39. The highest BCUT2D eigenvalue weighted by Gasteiger charge is 2.50. The molecule has 1 unspecified atom stereocenters.